The highest BCUT2D eigenvalue weighted by molar-refractivity contribution is 9.10. The second kappa shape index (κ2) is 5.73. The van der Waals surface area contributed by atoms with Gasteiger partial charge in [0.15, 0.2) is 0 Å². The van der Waals surface area contributed by atoms with Gasteiger partial charge in [-0.1, -0.05) is 41.2 Å². The van der Waals surface area contributed by atoms with Gasteiger partial charge in [-0.05, 0) is 29.7 Å². The Labute approximate surface area is 136 Å². The second-order valence-electron chi connectivity index (χ2n) is 5.77. The molecule has 0 atom stereocenters. The molecule has 0 radical (unpaired) electrons. The van der Waals surface area contributed by atoms with Gasteiger partial charge in [-0.15, -0.1) is 5.10 Å². The molecule has 1 heterocycles. The first kappa shape index (κ1) is 15.9. The molecule has 0 unspecified atom stereocenters. The molecule has 0 spiro atoms. The molecular weight excluding hydrogens is 352 g/mol. The van der Waals surface area contributed by atoms with Crippen LogP contribution in [0.2, 0.25) is 0 Å². The van der Waals surface area contributed by atoms with Gasteiger partial charge in [0.05, 0.1) is 17.1 Å². The van der Waals surface area contributed by atoms with E-state index in [1.807, 2.05) is 32.9 Å². The van der Waals surface area contributed by atoms with Crippen LogP contribution in [0, 0.1) is 0 Å². The number of aromatic nitrogens is 2. The number of nitrogens with zero attached hydrogens (tertiary/aromatic N) is 3. The number of halogens is 1. The topological polar surface area (TPSA) is 72.1 Å². The zero-order valence-corrected chi connectivity index (χ0v) is 14.7. The van der Waals surface area contributed by atoms with E-state index in [1.165, 1.54) is 4.90 Å². The van der Waals surface area contributed by atoms with Crippen LogP contribution >= 0.6 is 27.5 Å². The van der Waals surface area contributed by atoms with Crippen LogP contribution in [0.15, 0.2) is 22.7 Å². The molecular formula is C14H17BrN4OS. The van der Waals surface area contributed by atoms with Crippen LogP contribution in [0.3, 0.4) is 0 Å². The summed E-state index contributed by atoms with van der Waals surface area (Å²) in [6.07, 6.45) is 0. The lowest BCUT2D eigenvalue weighted by Gasteiger charge is -2.21. The van der Waals surface area contributed by atoms with Crippen molar-refractivity contribution >= 4 is 44.7 Å². The summed E-state index contributed by atoms with van der Waals surface area (Å²) in [5.74, 6) is -0.149. The maximum atomic E-state index is 12.7. The number of benzene rings is 1. The number of carbonyl (C=O) groups excluding carboxylic acids is 1. The lowest BCUT2D eigenvalue weighted by atomic mass is 9.91. The predicted octanol–water partition coefficient (Wildman–Crippen LogP) is 3.46. The van der Waals surface area contributed by atoms with Crippen molar-refractivity contribution in [1.82, 2.24) is 9.59 Å². The largest absolute Gasteiger partial charge is 0.397 e. The number of hydrogen-bond acceptors (Lipinski definition) is 5. The lowest BCUT2D eigenvalue weighted by molar-refractivity contribution is 0.0994. The lowest BCUT2D eigenvalue weighted by Crippen LogP contribution is -2.29. The van der Waals surface area contributed by atoms with E-state index in [0.29, 0.717) is 21.9 Å². The SMILES string of the molecule is CN(C(=O)c1snnc1C(C)(C)C)c1ccc(Br)cc1N. The Balaban J connectivity index is 2.38. The molecule has 0 saturated carbocycles. The van der Waals surface area contributed by atoms with Crippen molar-refractivity contribution < 1.29 is 4.79 Å². The molecule has 0 saturated heterocycles. The third-order valence-corrected chi connectivity index (χ3v) is 4.26. The van der Waals surface area contributed by atoms with E-state index >= 15 is 0 Å². The van der Waals surface area contributed by atoms with Gasteiger partial charge in [-0.3, -0.25) is 4.79 Å². The molecule has 2 aromatic rings. The summed E-state index contributed by atoms with van der Waals surface area (Å²) in [5, 5.41) is 4.10. The maximum Gasteiger partial charge on any atom is 0.271 e. The Morgan fingerprint density at radius 3 is 2.62 bits per heavy atom. The first-order valence-electron chi connectivity index (χ1n) is 6.37. The average Bonchev–Trinajstić information content (AvgIpc) is 2.86. The van der Waals surface area contributed by atoms with Gasteiger partial charge < -0.3 is 10.6 Å². The van der Waals surface area contributed by atoms with Crippen molar-refractivity contribution in [2.75, 3.05) is 17.7 Å². The minimum absolute atomic E-state index is 0.149. The van der Waals surface area contributed by atoms with Crippen molar-refractivity contribution in [2.24, 2.45) is 0 Å². The van der Waals surface area contributed by atoms with E-state index < -0.39 is 0 Å². The molecule has 1 aromatic carbocycles. The molecule has 2 rings (SSSR count). The van der Waals surface area contributed by atoms with Crippen molar-refractivity contribution in [3.05, 3.63) is 33.2 Å². The minimum atomic E-state index is -0.232. The van der Waals surface area contributed by atoms with E-state index in [9.17, 15) is 4.79 Å². The molecule has 5 nitrogen and oxygen atoms in total. The van der Waals surface area contributed by atoms with E-state index in [1.54, 1.807) is 13.1 Å². The van der Waals surface area contributed by atoms with Gasteiger partial charge in [0.2, 0.25) is 0 Å². The fourth-order valence-corrected chi connectivity index (χ4v) is 3.15. The summed E-state index contributed by atoms with van der Waals surface area (Å²) in [4.78, 5) is 14.8. The van der Waals surface area contributed by atoms with E-state index in [-0.39, 0.29) is 11.3 Å². The van der Waals surface area contributed by atoms with Crippen molar-refractivity contribution in [1.29, 1.82) is 0 Å². The Morgan fingerprint density at radius 2 is 2.05 bits per heavy atom. The number of rotatable bonds is 2. The summed E-state index contributed by atoms with van der Waals surface area (Å²) in [5.41, 5.74) is 7.66. The van der Waals surface area contributed by atoms with Gasteiger partial charge in [-0.25, -0.2) is 0 Å². The Kier molecular flexibility index (Phi) is 4.34. The number of nitrogen functional groups attached to an aromatic ring is 1. The molecule has 7 heteroatoms. The van der Waals surface area contributed by atoms with Gasteiger partial charge in [0.1, 0.15) is 4.88 Å². The molecule has 0 fully saturated rings. The zero-order chi connectivity index (χ0) is 15.8. The summed E-state index contributed by atoms with van der Waals surface area (Å²) in [6, 6.07) is 5.43. The highest BCUT2D eigenvalue weighted by atomic mass is 79.9. The predicted molar refractivity (Wildman–Crippen MR) is 89.9 cm³/mol. The monoisotopic (exact) mass is 368 g/mol. The van der Waals surface area contributed by atoms with E-state index in [0.717, 1.165) is 16.0 Å². The van der Waals surface area contributed by atoms with Crippen LogP contribution in [-0.4, -0.2) is 22.5 Å². The van der Waals surface area contributed by atoms with Crippen LogP contribution < -0.4 is 10.6 Å². The molecule has 0 aliphatic heterocycles. The molecule has 0 aliphatic carbocycles. The summed E-state index contributed by atoms with van der Waals surface area (Å²) >= 11 is 4.47. The first-order chi connectivity index (χ1) is 9.71. The highest BCUT2D eigenvalue weighted by Gasteiger charge is 2.28. The number of anilines is 2. The molecule has 1 amide bonds. The van der Waals surface area contributed by atoms with Crippen molar-refractivity contribution in [2.45, 2.75) is 26.2 Å². The van der Waals surface area contributed by atoms with Gasteiger partial charge in [0, 0.05) is 16.9 Å². The van der Waals surface area contributed by atoms with Gasteiger partial charge in [-0.2, -0.15) is 0 Å². The Hall–Kier alpha value is -1.47. The molecule has 2 N–H and O–H groups in total. The van der Waals surface area contributed by atoms with E-state index in [4.69, 9.17) is 5.73 Å². The van der Waals surface area contributed by atoms with Crippen LogP contribution in [0.4, 0.5) is 11.4 Å². The maximum absolute atomic E-state index is 12.7. The fraction of sp³-hybridized carbons (Fsp3) is 0.357. The number of carbonyl (C=O) groups is 1. The van der Waals surface area contributed by atoms with Crippen LogP contribution in [0.5, 0.6) is 0 Å². The molecule has 21 heavy (non-hydrogen) atoms. The number of hydrogen-bond donors (Lipinski definition) is 1. The Morgan fingerprint density at radius 1 is 1.38 bits per heavy atom. The van der Waals surface area contributed by atoms with Crippen LogP contribution in [0.25, 0.3) is 0 Å². The quantitative estimate of drug-likeness (QED) is 0.823. The fourth-order valence-electron chi connectivity index (χ4n) is 1.91. The minimum Gasteiger partial charge on any atom is -0.397 e. The van der Waals surface area contributed by atoms with E-state index in [2.05, 4.69) is 25.5 Å². The second-order valence-corrected chi connectivity index (χ2v) is 7.44. The zero-order valence-electron chi connectivity index (χ0n) is 12.3. The highest BCUT2D eigenvalue weighted by Crippen LogP contribution is 2.30. The molecule has 0 bridgehead atoms. The molecule has 0 aliphatic rings. The molecule has 1 aromatic heterocycles. The Bertz CT molecular complexity index is 678. The van der Waals surface area contributed by atoms with Crippen LogP contribution in [0.1, 0.15) is 36.1 Å². The van der Waals surface area contributed by atoms with Gasteiger partial charge >= 0.3 is 0 Å². The number of nitrogens with two attached hydrogens (primary N) is 1. The third kappa shape index (κ3) is 3.24. The summed E-state index contributed by atoms with van der Waals surface area (Å²) < 4.78 is 4.80. The van der Waals surface area contributed by atoms with Crippen molar-refractivity contribution in [3.63, 3.8) is 0 Å². The standard InChI is InChI=1S/C14H17BrN4OS/c1-14(2,3)12-11(21-18-17-12)13(20)19(4)10-6-5-8(15)7-9(10)16/h5-7H,16H2,1-4H3. The van der Waals surface area contributed by atoms with Crippen molar-refractivity contribution in [3.8, 4) is 0 Å². The summed E-state index contributed by atoms with van der Waals surface area (Å²) in [6.45, 7) is 6.03. The number of amides is 1. The smallest absolute Gasteiger partial charge is 0.271 e. The normalized spacial score (nSPS) is 11.5. The average molecular weight is 369 g/mol. The first-order valence-corrected chi connectivity index (χ1v) is 7.94. The van der Waals surface area contributed by atoms with Gasteiger partial charge in [0.25, 0.3) is 5.91 Å². The summed E-state index contributed by atoms with van der Waals surface area (Å²) in [7, 11) is 1.70. The molecule has 112 valence electrons. The third-order valence-electron chi connectivity index (χ3n) is 3.05. The van der Waals surface area contributed by atoms with Crippen LogP contribution in [-0.2, 0) is 5.41 Å².